The zero-order valence-electron chi connectivity index (χ0n) is 13.7. The van der Waals surface area contributed by atoms with Gasteiger partial charge in [0.2, 0.25) is 0 Å². The lowest BCUT2D eigenvalue weighted by Crippen LogP contribution is -2.31. The van der Waals surface area contributed by atoms with Gasteiger partial charge in [0.1, 0.15) is 12.4 Å². The van der Waals surface area contributed by atoms with Crippen LogP contribution >= 0.6 is 0 Å². The van der Waals surface area contributed by atoms with Crippen LogP contribution in [-0.2, 0) is 6.61 Å². The predicted molar refractivity (Wildman–Crippen MR) is 91.3 cm³/mol. The van der Waals surface area contributed by atoms with Crippen molar-refractivity contribution in [1.82, 2.24) is 4.90 Å². The molecule has 124 valence electrons. The summed E-state index contributed by atoms with van der Waals surface area (Å²) in [6.07, 6.45) is 0. The first-order valence-electron chi connectivity index (χ1n) is 7.80. The van der Waals surface area contributed by atoms with Crippen LogP contribution in [0.3, 0.4) is 0 Å². The molecule has 0 fully saturated rings. The summed E-state index contributed by atoms with van der Waals surface area (Å²) < 4.78 is 5.87. The molecule has 2 aromatic rings. The SMILES string of the molecule is CN(C)[C@@H](c1cccc(OCc2ccccc2)c1)C(CO)CO. The van der Waals surface area contributed by atoms with Gasteiger partial charge in [0.15, 0.2) is 0 Å². The van der Waals surface area contributed by atoms with Crippen LogP contribution in [0.2, 0.25) is 0 Å². The molecule has 1 atom stereocenters. The summed E-state index contributed by atoms with van der Waals surface area (Å²) in [5.74, 6) is 0.558. The molecule has 0 saturated carbocycles. The fourth-order valence-electron chi connectivity index (χ4n) is 2.78. The van der Waals surface area contributed by atoms with Crippen molar-refractivity contribution in [2.24, 2.45) is 5.92 Å². The van der Waals surface area contributed by atoms with E-state index in [4.69, 9.17) is 4.74 Å². The molecule has 0 radical (unpaired) electrons. The molecule has 0 aromatic heterocycles. The molecule has 4 nitrogen and oxygen atoms in total. The minimum absolute atomic E-state index is 0.0611. The zero-order valence-corrected chi connectivity index (χ0v) is 13.7. The zero-order chi connectivity index (χ0) is 16.7. The van der Waals surface area contributed by atoms with E-state index in [1.165, 1.54) is 0 Å². The van der Waals surface area contributed by atoms with Crippen LogP contribution in [0.4, 0.5) is 0 Å². The quantitative estimate of drug-likeness (QED) is 0.786. The largest absolute Gasteiger partial charge is 0.489 e. The van der Waals surface area contributed by atoms with E-state index in [1.54, 1.807) is 0 Å². The summed E-state index contributed by atoms with van der Waals surface area (Å²) in [6, 6.07) is 17.8. The molecule has 0 heterocycles. The number of ether oxygens (including phenoxy) is 1. The van der Waals surface area contributed by atoms with Crippen molar-refractivity contribution in [2.75, 3.05) is 27.3 Å². The van der Waals surface area contributed by atoms with E-state index in [2.05, 4.69) is 0 Å². The number of aliphatic hydroxyl groups is 2. The molecule has 2 aromatic carbocycles. The topological polar surface area (TPSA) is 52.9 Å². The molecule has 2 rings (SSSR count). The van der Waals surface area contributed by atoms with E-state index in [9.17, 15) is 10.2 Å². The summed E-state index contributed by atoms with van der Waals surface area (Å²) in [4.78, 5) is 2.01. The predicted octanol–water partition coefficient (Wildman–Crippen LogP) is 2.47. The van der Waals surface area contributed by atoms with Crippen molar-refractivity contribution in [3.8, 4) is 5.75 Å². The van der Waals surface area contributed by atoms with Gasteiger partial charge < -0.3 is 19.8 Å². The molecule has 0 aliphatic heterocycles. The van der Waals surface area contributed by atoms with Crippen molar-refractivity contribution in [3.05, 3.63) is 65.7 Å². The number of nitrogens with zero attached hydrogens (tertiary/aromatic N) is 1. The molecule has 4 heteroatoms. The molecule has 0 amide bonds. The number of hydrogen-bond donors (Lipinski definition) is 2. The Morgan fingerprint density at radius 3 is 2.26 bits per heavy atom. The molecule has 0 aliphatic rings. The van der Waals surface area contributed by atoms with Gasteiger partial charge in [-0.3, -0.25) is 0 Å². The molecule has 0 saturated heterocycles. The van der Waals surface area contributed by atoms with Gasteiger partial charge in [0.25, 0.3) is 0 Å². The Hall–Kier alpha value is -1.88. The van der Waals surface area contributed by atoms with Gasteiger partial charge in [0, 0.05) is 25.2 Å². The highest BCUT2D eigenvalue weighted by molar-refractivity contribution is 5.31. The molecule has 0 bridgehead atoms. The monoisotopic (exact) mass is 315 g/mol. The Morgan fingerprint density at radius 2 is 1.65 bits per heavy atom. The van der Waals surface area contributed by atoms with Gasteiger partial charge in [-0.25, -0.2) is 0 Å². The van der Waals surface area contributed by atoms with Crippen LogP contribution < -0.4 is 4.74 Å². The van der Waals surface area contributed by atoms with Crippen LogP contribution in [0, 0.1) is 5.92 Å². The maximum atomic E-state index is 9.51. The van der Waals surface area contributed by atoms with Gasteiger partial charge in [-0.1, -0.05) is 42.5 Å². The van der Waals surface area contributed by atoms with Crippen molar-refractivity contribution >= 4 is 0 Å². The van der Waals surface area contributed by atoms with Gasteiger partial charge in [-0.15, -0.1) is 0 Å². The minimum atomic E-state index is -0.227. The number of aliphatic hydroxyl groups excluding tert-OH is 2. The second-order valence-electron chi connectivity index (χ2n) is 5.88. The van der Waals surface area contributed by atoms with Crippen LogP contribution in [0.25, 0.3) is 0 Å². The third kappa shape index (κ3) is 4.79. The number of benzene rings is 2. The van der Waals surface area contributed by atoms with Crippen molar-refractivity contribution in [2.45, 2.75) is 12.6 Å². The Bertz CT molecular complexity index is 582. The van der Waals surface area contributed by atoms with Crippen LogP contribution in [0.15, 0.2) is 54.6 Å². The first-order valence-corrected chi connectivity index (χ1v) is 7.80. The van der Waals surface area contributed by atoms with Gasteiger partial charge in [-0.05, 0) is 37.4 Å². The highest BCUT2D eigenvalue weighted by atomic mass is 16.5. The highest BCUT2D eigenvalue weighted by Crippen LogP contribution is 2.29. The number of rotatable bonds is 8. The Kier molecular flexibility index (Phi) is 6.59. The Morgan fingerprint density at radius 1 is 0.957 bits per heavy atom. The van der Waals surface area contributed by atoms with Gasteiger partial charge in [-0.2, -0.15) is 0 Å². The lowest BCUT2D eigenvalue weighted by molar-refractivity contribution is 0.0807. The molecular weight excluding hydrogens is 290 g/mol. The van der Waals surface area contributed by atoms with Crippen molar-refractivity contribution in [3.63, 3.8) is 0 Å². The second kappa shape index (κ2) is 8.67. The lowest BCUT2D eigenvalue weighted by Gasteiger charge is -2.30. The smallest absolute Gasteiger partial charge is 0.120 e. The Balaban J connectivity index is 2.14. The van der Waals surface area contributed by atoms with E-state index in [0.717, 1.165) is 16.9 Å². The summed E-state index contributed by atoms with van der Waals surface area (Å²) in [5.41, 5.74) is 2.14. The molecule has 23 heavy (non-hydrogen) atoms. The van der Waals surface area contributed by atoms with E-state index < -0.39 is 0 Å². The van der Waals surface area contributed by atoms with Crippen molar-refractivity contribution < 1.29 is 14.9 Å². The lowest BCUT2D eigenvalue weighted by atomic mass is 9.93. The Labute approximate surface area is 138 Å². The molecule has 2 N–H and O–H groups in total. The molecule has 0 unspecified atom stereocenters. The highest BCUT2D eigenvalue weighted by Gasteiger charge is 2.24. The maximum Gasteiger partial charge on any atom is 0.120 e. The van der Waals surface area contributed by atoms with E-state index in [0.29, 0.717) is 6.61 Å². The van der Waals surface area contributed by atoms with E-state index in [-0.39, 0.29) is 25.2 Å². The standard InChI is InChI=1S/C19H25NO3/c1-20(2)19(17(12-21)13-22)16-9-6-10-18(11-16)23-14-15-7-4-3-5-8-15/h3-11,17,19,21-22H,12-14H2,1-2H3/t19-/m0/s1. The van der Waals surface area contributed by atoms with Gasteiger partial charge >= 0.3 is 0 Å². The molecular formula is C19H25NO3. The third-order valence-electron chi connectivity index (χ3n) is 3.92. The summed E-state index contributed by atoms with van der Waals surface area (Å²) in [6.45, 7) is 0.392. The van der Waals surface area contributed by atoms with E-state index in [1.807, 2.05) is 73.6 Å². The molecule has 0 aliphatic carbocycles. The fourth-order valence-corrected chi connectivity index (χ4v) is 2.78. The first kappa shape index (κ1) is 17.5. The summed E-state index contributed by atoms with van der Waals surface area (Å²) in [7, 11) is 3.89. The fraction of sp³-hybridized carbons (Fsp3) is 0.368. The second-order valence-corrected chi connectivity index (χ2v) is 5.88. The van der Waals surface area contributed by atoms with E-state index >= 15 is 0 Å². The van der Waals surface area contributed by atoms with Crippen LogP contribution in [-0.4, -0.2) is 42.4 Å². The summed E-state index contributed by atoms with van der Waals surface area (Å²) in [5, 5.41) is 19.0. The maximum absolute atomic E-state index is 9.51. The average Bonchev–Trinajstić information content (AvgIpc) is 2.58. The number of hydrogen-bond acceptors (Lipinski definition) is 4. The first-order chi connectivity index (χ1) is 11.2. The van der Waals surface area contributed by atoms with Gasteiger partial charge in [0.05, 0.1) is 0 Å². The molecule has 0 spiro atoms. The normalized spacial score (nSPS) is 12.6. The van der Waals surface area contributed by atoms with Crippen LogP contribution in [0.5, 0.6) is 5.75 Å². The van der Waals surface area contributed by atoms with Crippen molar-refractivity contribution in [1.29, 1.82) is 0 Å². The summed E-state index contributed by atoms with van der Waals surface area (Å²) >= 11 is 0. The average molecular weight is 315 g/mol. The minimum Gasteiger partial charge on any atom is -0.489 e. The van der Waals surface area contributed by atoms with Crippen LogP contribution in [0.1, 0.15) is 17.2 Å². The third-order valence-corrected chi connectivity index (χ3v) is 3.92.